The van der Waals surface area contributed by atoms with Crippen LogP contribution >= 0.6 is 24.8 Å². The van der Waals surface area contributed by atoms with Crippen molar-refractivity contribution in [1.82, 2.24) is 10.6 Å². The smallest absolute Gasteiger partial charge is 0.0811 e. The van der Waals surface area contributed by atoms with E-state index in [2.05, 4.69) is 10.6 Å². The highest BCUT2D eigenvalue weighted by atomic mass is 35.5. The van der Waals surface area contributed by atoms with Crippen molar-refractivity contribution >= 4 is 24.8 Å². The molecule has 0 bridgehead atoms. The highest BCUT2D eigenvalue weighted by Gasteiger charge is 2.18. The average molecular weight is 335 g/mol. The third kappa shape index (κ3) is 9.31. The number of rotatable bonds is 0. The molecule has 0 radical (unpaired) electrons. The molecule has 124 valence electrons. The number of hydrogen-bond acceptors (Lipinski definition) is 6. The van der Waals surface area contributed by atoms with Crippen molar-refractivity contribution in [3.8, 4) is 0 Å². The zero-order chi connectivity index (χ0) is 13.4. The number of nitrogens with one attached hydrogen (secondary N) is 2. The molecule has 2 fully saturated rings. The van der Waals surface area contributed by atoms with Crippen molar-refractivity contribution in [3.05, 3.63) is 0 Å². The van der Waals surface area contributed by atoms with Gasteiger partial charge in [0.15, 0.2) is 0 Å². The fourth-order valence-electron chi connectivity index (χ4n) is 2.02. The Hall–Kier alpha value is 0.340. The van der Waals surface area contributed by atoms with E-state index in [1.807, 2.05) is 0 Å². The van der Waals surface area contributed by atoms with E-state index in [0.29, 0.717) is 25.7 Å². The van der Waals surface area contributed by atoms with Gasteiger partial charge < -0.3 is 31.1 Å². The maximum atomic E-state index is 9.07. The monoisotopic (exact) mass is 334 g/mol. The molecule has 20 heavy (non-hydrogen) atoms. The molecule has 0 amide bonds. The van der Waals surface area contributed by atoms with E-state index < -0.39 is 24.4 Å². The number of halogens is 2. The van der Waals surface area contributed by atoms with E-state index in [0.717, 1.165) is 26.2 Å². The Morgan fingerprint density at radius 3 is 0.900 bits per heavy atom. The SMILES string of the molecule is Cl.Cl.O[C@@H]1CCNCC[C@H]1O.O[C@H]1CCNCC[C@@H]1O. The van der Waals surface area contributed by atoms with Crippen LogP contribution in [0.4, 0.5) is 0 Å². The second kappa shape index (κ2) is 13.0. The van der Waals surface area contributed by atoms with Crippen LogP contribution in [-0.2, 0) is 0 Å². The van der Waals surface area contributed by atoms with Crippen LogP contribution in [0.2, 0.25) is 0 Å². The third-order valence-corrected chi connectivity index (χ3v) is 3.36. The second-order valence-corrected chi connectivity index (χ2v) is 4.92. The topological polar surface area (TPSA) is 105 Å². The summed E-state index contributed by atoms with van der Waals surface area (Å²) >= 11 is 0. The Labute approximate surface area is 132 Å². The van der Waals surface area contributed by atoms with Gasteiger partial charge in [-0.2, -0.15) is 0 Å². The Bertz CT molecular complexity index is 186. The van der Waals surface area contributed by atoms with Crippen molar-refractivity contribution < 1.29 is 20.4 Å². The molecule has 2 rings (SSSR count). The van der Waals surface area contributed by atoms with Crippen molar-refractivity contribution in [2.24, 2.45) is 0 Å². The predicted molar refractivity (Wildman–Crippen MR) is 82.7 cm³/mol. The maximum Gasteiger partial charge on any atom is 0.0811 e. The lowest BCUT2D eigenvalue weighted by atomic mass is 10.1. The summed E-state index contributed by atoms with van der Waals surface area (Å²) in [6.45, 7) is 3.27. The van der Waals surface area contributed by atoms with E-state index in [9.17, 15) is 0 Å². The van der Waals surface area contributed by atoms with Gasteiger partial charge in [-0.1, -0.05) is 0 Å². The minimum Gasteiger partial charge on any atom is -0.390 e. The molecule has 8 heteroatoms. The Balaban J connectivity index is 0. The maximum absolute atomic E-state index is 9.07. The second-order valence-electron chi connectivity index (χ2n) is 4.92. The molecule has 0 aromatic rings. The number of aliphatic hydroxyl groups is 4. The summed E-state index contributed by atoms with van der Waals surface area (Å²) in [5.41, 5.74) is 0. The molecule has 0 saturated carbocycles. The lowest BCUT2D eigenvalue weighted by Crippen LogP contribution is -2.24. The van der Waals surface area contributed by atoms with Gasteiger partial charge in [0.25, 0.3) is 0 Å². The molecular formula is C12H28Cl2N2O4. The summed E-state index contributed by atoms with van der Waals surface area (Å²) in [6, 6.07) is 0. The summed E-state index contributed by atoms with van der Waals surface area (Å²) in [5.74, 6) is 0. The first-order valence-corrected chi connectivity index (χ1v) is 6.75. The summed E-state index contributed by atoms with van der Waals surface area (Å²) in [4.78, 5) is 0. The number of hydrogen-bond donors (Lipinski definition) is 6. The molecular weight excluding hydrogens is 307 g/mol. The van der Waals surface area contributed by atoms with Crippen LogP contribution in [-0.4, -0.2) is 71.0 Å². The first-order chi connectivity index (χ1) is 8.61. The molecule has 0 aliphatic carbocycles. The summed E-state index contributed by atoms with van der Waals surface area (Å²) in [5, 5.41) is 42.4. The number of aliphatic hydroxyl groups excluding tert-OH is 4. The van der Waals surface area contributed by atoms with E-state index in [-0.39, 0.29) is 24.8 Å². The van der Waals surface area contributed by atoms with Crippen molar-refractivity contribution in [2.45, 2.75) is 50.1 Å². The van der Waals surface area contributed by atoms with Gasteiger partial charge in [0, 0.05) is 0 Å². The van der Waals surface area contributed by atoms with Crippen molar-refractivity contribution in [3.63, 3.8) is 0 Å². The van der Waals surface area contributed by atoms with Crippen LogP contribution in [0.25, 0.3) is 0 Å². The first kappa shape index (κ1) is 22.6. The highest BCUT2D eigenvalue weighted by molar-refractivity contribution is 5.85. The van der Waals surface area contributed by atoms with Gasteiger partial charge in [0.05, 0.1) is 24.4 Å². The summed E-state index contributed by atoms with van der Waals surface area (Å²) < 4.78 is 0. The normalized spacial score (nSPS) is 34.2. The van der Waals surface area contributed by atoms with Crippen LogP contribution < -0.4 is 10.6 Å². The highest BCUT2D eigenvalue weighted by Crippen LogP contribution is 2.05. The van der Waals surface area contributed by atoms with Gasteiger partial charge in [0.2, 0.25) is 0 Å². The van der Waals surface area contributed by atoms with Gasteiger partial charge in [-0.3, -0.25) is 0 Å². The minimum absolute atomic E-state index is 0. The Morgan fingerprint density at radius 2 is 0.700 bits per heavy atom. The summed E-state index contributed by atoms with van der Waals surface area (Å²) in [7, 11) is 0. The Kier molecular flexibility index (Phi) is 14.7. The minimum atomic E-state index is -0.514. The lowest BCUT2D eigenvalue weighted by molar-refractivity contribution is 0.0187. The van der Waals surface area contributed by atoms with Gasteiger partial charge in [-0.15, -0.1) is 24.8 Å². The first-order valence-electron chi connectivity index (χ1n) is 6.75. The van der Waals surface area contributed by atoms with E-state index in [1.165, 1.54) is 0 Å². The van der Waals surface area contributed by atoms with Gasteiger partial charge in [0.1, 0.15) is 0 Å². The van der Waals surface area contributed by atoms with Crippen molar-refractivity contribution in [2.75, 3.05) is 26.2 Å². The lowest BCUT2D eigenvalue weighted by Gasteiger charge is -2.11. The molecule has 0 spiro atoms. The molecule has 6 nitrogen and oxygen atoms in total. The van der Waals surface area contributed by atoms with Crippen LogP contribution in [0.1, 0.15) is 25.7 Å². The third-order valence-electron chi connectivity index (χ3n) is 3.36. The van der Waals surface area contributed by atoms with Crippen LogP contribution in [0.5, 0.6) is 0 Å². The molecule has 0 aromatic carbocycles. The summed E-state index contributed by atoms with van der Waals surface area (Å²) in [6.07, 6.45) is 0.616. The fourth-order valence-corrected chi connectivity index (χ4v) is 2.02. The molecule has 2 saturated heterocycles. The van der Waals surface area contributed by atoms with Crippen molar-refractivity contribution in [1.29, 1.82) is 0 Å². The molecule has 2 aliphatic heterocycles. The molecule has 4 atom stereocenters. The predicted octanol–water partition coefficient (Wildman–Crippen LogP) is -0.973. The van der Waals surface area contributed by atoms with Gasteiger partial charge >= 0.3 is 0 Å². The van der Waals surface area contributed by atoms with E-state index >= 15 is 0 Å². The molecule has 2 heterocycles. The van der Waals surface area contributed by atoms with E-state index in [4.69, 9.17) is 20.4 Å². The van der Waals surface area contributed by atoms with Gasteiger partial charge in [-0.05, 0) is 51.9 Å². The molecule has 0 unspecified atom stereocenters. The molecule has 0 aromatic heterocycles. The molecule has 6 N–H and O–H groups in total. The Morgan fingerprint density at radius 1 is 0.500 bits per heavy atom. The van der Waals surface area contributed by atoms with Gasteiger partial charge in [-0.25, -0.2) is 0 Å². The van der Waals surface area contributed by atoms with Crippen LogP contribution in [0.15, 0.2) is 0 Å². The standard InChI is InChI=1S/2C6H13NO2.2ClH/c2*8-5-1-3-7-4-2-6(5)9;;/h2*5-9H,1-4H2;2*1H/t2*5-,6-;;/m10../s1. The van der Waals surface area contributed by atoms with E-state index in [1.54, 1.807) is 0 Å². The van der Waals surface area contributed by atoms with Crippen LogP contribution in [0, 0.1) is 0 Å². The zero-order valence-corrected chi connectivity index (χ0v) is 13.2. The largest absolute Gasteiger partial charge is 0.390 e. The average Bonchev–Trinajstić information content (AvgIpc) is 2.65. The quantitative estimate of drug-likeness (QED) is 0.340. The zero-order valence-electron chi connectivity index (χ0n) is 11.6. The fraction of sp³-hybridized carbons (Fsp3) is 1.00. The van der Waals surface area contributed by atoms with Crippen LogP contribution in [0.3, 0.4) is 0 Å². The molecule has 2 aliphatic rings.